The Balaban J connectivity index is 2.87. The number of rotatable bonds is 3. The molecule has 1 rings (SSSR count). The minimum Gasteiger partial charge on any atom is -0.394 e. The molecular weight excluding hydrogens is 236 g/mol. The summed E-state index contributed by atoms with van der Waals surface area (Å²) in [6.45, 7) is -1.46. The highest BCUT2D eigenvalue weighted by molar-refractivity contribution is 5.72. The molecule has 100 valence electrons. The standard InChI is InChI=1S/C8H16N2O7/c9-8(16)10(2-12)7-6(15)5(14)4(13)3(1-11)17-7/h3-7,11-15H,1-2H2,(H2,9,16)/t3-,4-,5+,6-,7-/m1/s1. The zero-order chi connectivity index (χ0) is 13.2. The van der Waals surface area contributed by atoms with Crippen LogP contribution in [-0.4, -0.2) is 80.4 Å². The molecule has 1 fully saturated rings. The predicted octanol–water partition coefficient (Wildman–Crippen LogP) is -3.88. The lowest BCUT2D eigenvalue weighted by atomic mass is 9.98. The number of aliphatic hydroxyl groups is 5. The van der Waals surface area contributed by atoms with Crippen LogP contribution in [0.4, 0.5) is 4.79 Å². The summed E-state index contributed by atoms with van der Waals surface area (Å²) >= 11 is 0. The second-order valence-electron chi connectivity index (χ2n) is 3.67. The lowest BCUT2D eigenvalue weighted by Crippen LogP contribution is -2.64. The number of urea groups is 1. The first-order valence-corrected chi connectivity index (χ1v) is 4.91. The summed E-state index contributed by atoms with van der Waals surface area (Å²) in [6, 6.07) is -1.07. The lowest BCUT2D eigenvalue weighted by molar-refractivity contribution is -0.262. The van der Waals surface area contributed by atoms with Crippen LogP contribution < -0.4 is 5.73 Å². The van der Waals surface area contributed by atoms with E-state index in [9.17, 15) is 20.1 Å². The van der Waals surface area contributed by atoms with Gasteiger partial charge in [0.1, 0.15) is 31.1 Å². The number of nitrogens with zero attached hydrogens (tertiary/aromatic N) is 1. The first-order chi connectivity index (χ1) is 7.93. The molecule has 0 aromatic rings. The average Bonchev–Trinajstić information content (AvgIpc) is 2.29. The minimum absolute atomic E-state index is 0.558. The van der Waals surface area contributed by atoms with Crippen LogP contribution in [0, 0.1) is 0 Å². The Morgan fingerprint density at radius 3 is 2.18 bits per heavy atom. The van der Waals surface area contributed by atoms with Gasteiger partial charge in [0.05, 0.1) is 6.61 Å². The van der Waals surface area contributed by atoms with E-state index in [0.717, 1.165) is 0 Å². The van der Waals surface area contributed by atoms with Gasteiger partial charge < -0.3 is 36.0 Å². The van der Waals surface area contributed by atoms with Crippen molar-refractivity contribution in [1.82, 2.24) is 4.90 Å². The fourth-order valence-corrected chi connectivity index (χ4v) is 1.62. The van der Waals surface area contributed by atoms with Crippen molar-refractivity contribution in [2.45, 2.75) is 30.6 Å². The molecule has 5 atom stereocenters. The van der Waals surface area contributed by atoms with E-state index in [0.29, 0.717) is 4.90 Å². The third-order valence-corrected chi connectivity index (χ3v) is 2.61. The van der Waals surface area contributed by atoms with E-state index in [1.807, 2.05) is 0 Å². The van der Waals surface area contributed by atoms with Crippen molar-refractivity contribution in [2.24, 2.45) is 5.73 Å². The maximum Gasteiger partial charge on any atom is 0.318 e. The van der Waals surface area contributed by atoms with Crippen molar-refractivity contribution >= 4 is 6.03 Å². The third kappa shape index (κ3) is 2.65. The Hall–Kier alpha value is -0.970. The molecule has 0 radical (unpaired) electrons. The molecule has 2 amide bonds. The summed E-state index contributed by atoms with van der Waals surface area (Å²) in [7, 11) is 0. The first-order valence-electron chi connectivity index (χ1n) is 4.91. The van der Waals surface area contributed by atoms with E-state index in [1.54, 1.807) is 0 Å². The number of primary amides is 1. The molecule has 1 aliphatic heterocycles. The van der Waals surface area contributed by atoms with Gasteiger partial charge in [0.15, 0.2) is 6.23 Å². The van der Waals surface area contributed by atoms with Crippen LogP contribution in [0.5, 0.6) is 0 Å². The number of hydrogen-bond acceptors (Lipinski definition) is 7. The molecule has 7 N–H and O–H groups in total. The predicted molar refractivity (Wildman–Crippen MR) is 52.3 cm³/mol. The maximum absolute atomic E-state index is 10.9. The van der Waals surface area contributed by atoms with Gasteiger partial charge in [-0.25, -0.2) is 4.79 Å². The highest BCUT2D eigenvalue weighted by Gasteiger charge is 2.46. The van der Waals surface area contributed by atoms with Gasteiger partial charge in [-0.05, 0) is 0 Å². The topological polar surface area (TPSA) is 157 Å². The van der Waals surface area contributed by atoms with Crippen molar-refractivity contribution in [3.05, 3.63) is 0 Å². The number of ether oxygens (including phenoxy) is 1. The summed E-state index contributed by atoms with van der Waals surface area (Å²) in [5, 5.41) is 46.3. The summed E-state index contributed by atoms with van der Waals surface area (Å²) in [4.78, 5) is 11.5. The van der Waals surface area contributed by atoms with Gasteiger partial charge in [0.25, 0.3) is 0 Å². The van der Waals surface area contributed by atoms with Crippen LogP contribution in [0.3, 0.4) is 0 Å². The average molecular weight is 252 g/mol. The van der Waals surface area contributed by atoms with E-state index in [2.05, 4.69) is 0 Å². The Morgan fingerprint density at radius 2 is 1.76 bits per heavy atom. The summed E-state index contributed by atoms with van der Waals surface area (Å²) in [5.41, 5.74) is 4.94. The molecule has 1 aliphatic rings. The Labute approximate surface area is 96.6 Å². The van der Waals surface area contributed by atoms with Crippen molar-refractivity contribution in [2.75, 3.05) is 13.3 Å². The smallest absolute Gasteiger partial charge is 0.318 e. The van der Waals surface area contributed by atoms with Crippen LogP contribution in [-0.2, 0) is 4.74 Å². The molecule has 0 aromatic heterocycles. The van der Waals surface area contributed by atoms with Gasteiger partial charge in [0, 0.05) is 0 Å². The zero-order valence-electron chi connectivity index (χ0n) is 8.88. The molecule has 0 aliphatic carbocycles. The van der Waals surface area contributed by atoms with Crippen LogP contribution >= 0.6 is 0 Å². The fourth-order valence-electron chi connectivity index (χ4n) is 1.62. The van der Waals surface area contributed by atoms with Crippen LogP contribution in [0.2, 0.25) is 0 Å². The molecule has 0 aromatic carbocycles. The molecule has 9 heteroatoms. The van der Waals surface area contributed by atoms with Crippen LogP contribution in [0.15, 0.2) is 0 Å². The van der Waals surface area contributed by atoms with Crippen LogP contribution in [0.1, 0.15) is 0 Å². The quantitative estimate of drug-likeness (QED) is 0.280. The molecule has 17 heavy (non-hydrogen) atoms. The summed E-state index contributed by atoms with van der Waals surface area (Å²) in [6.07, 6.45) is -7.40. The van der Waals surface area contributed by atoms with Gasteiger partial charge in [-0.1, -0.05) is 0 Å². The lowest BCUT2D eigenvalue weighted by Gasteiger charge is -2.43. The fraction of sp³-hybridized carbons (Fsp3) is 0.875. The summed E-state index contributed by atoms with van der Waals surface area (Å²) in [5.74, 6) is 0. The third-order valence-electron chi connectivity index (χ3n) is 2.61. The number of nitrogens with two attached hydrogens (primary N) is 1. The number of carbonyl (C=O) groups excluding carboxylic acids is 1. The number of hydrogen-bond donors (Lipinski definition) is 6. The number of aliphatic hydroxyl groups excluding tert-OH is 5. The molecule has 1 saturated heterocycles. The van der Waals surface area contributed by atoms with Gasteiger partial charge in [0.2, 0.25) is 0 Å². The summed E-state index contributed by atoms with van der Waals surface area (Å²) < 4.78 is 5.00. The van der Waals surface area contributed by atoms with E-state index in [-0.39, 0.29) is 0 Å². The largest absolute Gasteiger partial charge is 0.394 e. The van der Waals surface area contributed by atoms with Gasteiger partial charge in [-0.2, -0.15) is 0 Å². The molecule has 0 bridgehead atoms. The highest BCUT2D eigenvalue weighted by Crippen LogP contribution is 2.23. The van der Waals surface area contributed by atoms with Gasteiger partial charge >= 0.3 is 6.03 Å². The van der Waals surface area contributed by atoms with Gasteiger partial charge in [-0.3, -0.25) is 4.90 Å². The second kappa shape index (κ2) is 5.58. The minimum atomic E-state index is -1.65. The zero-order valence-corrected chi connectivity index (χ0v) is 8.88. The van der Waals surface area contributed by atoms with Crippen molar-refractivity contribution in [1.29, 1.82) is 0 Å². The Bertz CT molecular complexity index is 275. The highest BCUT2D eigenvalue weighted by atomic mass is 16.6. The van der Waals surface area contributed by atoms with E-state index in [1.165, 1.54) is 0 Å². The van der Waals surface area contributed by atoms with Crippen LogP contribution in [0.25, 0.3) is 0 Å². The molecular formula is C8H16N2O7. The molecule has 1 heterocycles. The molecule has 0 saturated carbocycles. The Kier molecular flexibility index (Phi) is 4.62. The van der Waals surface area contributed by atoms with E-state index >= 15 is 0 Å². The monoisotopic (exact) mass is 252 g/mol. The molecule has 0 spiro atoms. The van der Waals surface area contributed by atoms with E-state index in [4.69, 9.17) is 20.7 Å². The number of carbonyl (C=O) groups is 1. The second-order valence-corrected chi connectivity index (χ2v) is 3.67. The van der Waals surface area contributed by atoms with Crippen molar-refractivity contribution < 1.29 is 35.1 Å². The number of amides is 2. The van der Waals surface area contributed by atoms with Crippen molar-refractivity contribution in [3.63, 3.8) is 0 Å². The van der Waals surface area contributed by atoms with E-state index < -0.39 is 50.0 Å². The molecule has 0 unspecified atom stereocenters. The normalized spacial score (nSPS) is 37.8. The van der Waals surface area contributed by atoms with Gasteiger partial charge in [-0.15, -0.1) is 0 Å². The SMILES string of the molecule is NC(=O)N(CO)[C@@H]1O[C@H](CO)[C@@H](O)[C@H](O)[C@H]1O. The maximum atomic E-state index is 10.9. The molecule has 9 nitrogen and oxygen atoms in total. The van der Waals surface area contributed by atoms with Crippen molar-refractivity contribution in [3.8, 4) is 0 Å². The Morgan fingerprint density at radius 1 is 1.18 bits per heavy atom. The first kappa shape index (κ1) is 14.1.